The van der Waals surface area contributed by atoms with E-state index in [0.717, 1.165) is 49.2 Å². The van der Waals surface area contributed by atoms with Gasteiger partial charge in [-0.25, -0.2) is 9.97 Å². The zero-order chi connectivity index (χ0) is 21.0. The molecule has 0 bridgehead atoms. The van der Waals surface area contributed by atoms with E-state index < -0.39 is 0 Å². The Bertz CT molecular complexity index is 1000. The van der Waals surface area contributed by atoms with Crippen LogP contribution in [0.15, 0.2) is 18.3 Å². The standard InChI is InChI=1S/C22H29N7O/c1-14-9-20(26-21(24-14)28-8-5-16(12-28)27(3)4)29-13-22(6-7-22)17-11-23-19(10-18(17)29)25-15(2)30/h9-11,16H,5-8,12-13H2,1-4H3,(H,23,25,30). The molecule has 8 nitrogen and oxygen atoms in total. The molecule has 1 amide bonds. The first kappa shape index (κ1) is 19.2. The molecule has 3 aliphatic rings. The van der Waals surface area contributed by atoms with Gasteiger partial charge in [0.15, 0.2) is 0 Å². The molecule has 30 heavy (non-hydrogen) atoms. The van der Waals surface area contributed by atoms with E-state index in [0.29, 0.717) is 11.9 Å². The van der Waals surface area contributed by atoms with Crippen molar-refractivity contribution < 1.29 is 4.79 Å². The highest BCUT2D eigenvalue weighted by Crippen LogP contribution is 2.58. The van der Waals surface area contributed by atoms with Gasteiger partial charge in [-0.15, -0.1) is 0 Å². The molecule has 1 unspecified atom stereocenters. The predicted molar refractivity (Wildman–Crippen MR) is 118 cm³/mol. The van der Waals surface area contributed by atoms with Crippen LogP contribution in [0.4, 0.5) is 23.3 Å². The Kier molecular flexibility index (Phi) is 4.43. The molecule has 0 aromatic carbocycles. The minimum atomic E-state index is -0.113. The summed E-state index contributed by atoms with van der Waals surface area (Å²) in [5, 5.41) is 2.81. The van der Waals surface area contributed by atoms with Gasteiger partial charge in [0.05, 0.1) is 5.69 Å². The fraction of sp³-hybridized carbons (Fsp3) is 0.545. The number of likely N-dealkylation sites (N-methyl/N-ethyl adjacent to an activating group) is 1. The highest BCUT2D eigenvalue weighted by molar-refractivity contribution is 5.89. The maximum atomic E-state index is 11.5. The van der Waals surface area contributed by atoms with Crippen LogP contribution in [0.2, 0.25) is 0 Å². The summed E-state index contributed by atoms with van der Waals surface area (Å²) in [6, 6.07) is 4.58. The lowest BCUT2D eigenvalue weighted by molar-refractivity contribution is -0.114. The minimum Gasteiger partial charge on any atom is -0.339 e. The van der Waals surface area contributed by atoms with Gasteiger partial charge in [-0.1, -0.05) is 0 Å². The Hall–Kier alpha value is -2.74. The van der Waals surface area contributed by atoms with Gasteiger partial charge >= 0.3 is 0 Å². The first-order valence-corrected chi connectivity index (χ1v) is 10.7. The number of aryl methyl sites for hydroxylation is 1. The van der Waals surface area contributed by atoms with Crippen molar-refractivity contribution in [3.05, 3.63) is 29.6 Å². The van der Waals surface area contributed by atoms with Crippen molar-refractivity contribution in [2.24, 2.45) is 0 Å². The topological polar surface area (TPSA) is 77.5 Å². The van der Waals surface area contributed by atoms with Crippen LogP contribution in [-0.2, 0) is 10.2 Å². The number of carbonyl (C=O) groups is 1. The molecule has 8 heteroatoms. The largest absolute Gasteiger partial charge is 0.339 e. The van der Waals surface area contributed by atoms with Gasteiger partial charge in [0.25, 0.3) is 0 Å². The second-order valence-corrected chi connectivity index (χ2v) is 9.15. The summed E-state index contributed by atoms with van der Waals surface area (Å²) in [7, 11) is 4.27. The van der Waals surface area contributed by atoms with Crippen LogP contribution in [0.3, 0.4) is 0 Å². The van der Waals surface area contributed by atoms with Gasteiger partial charge in [0, 0.05) is 67.6 Å². The number of rotatable bonds is 4. The van der Waals surface area contributed by atoms with Crippen molar-refractivity contribution >= 4 is 29.2 Å². The van der Waals surface area contributed by atoms with E-state index >= 15 is 0 Å². The maximum Gasteiger partial charge on any atom is 0.227 e. The van der Waals surface area contributed by atoms with Crippen LogP contribution >= 0.6 is 0 Å². The number of anilines is 4. The van der Waals surface area contributed by atoms with Crippen molar-refractivity contribution in [2.45, 2.75) is 44.6 Å². The van der Waals surface area contributed by atoms with Crippen molar-refractivity contribution in [3.8, 4) is 0 Å². The number of fused-ring (bicyclic) bond motifs is 2. The van der Waals surface area contributed by atoms with Gasteiger partial charge in [-0.3, -0.25) is 4.79 Å². The minimum absolute atomic E-state index is 0.113. The van der Waals surface area contributed by atoms with Crippen LogP contribution in [0, 0.1) is 6.92 Å². The second-order valence-electron chi connectivity index (χ2n) is 9.15. The summed E-state index contributed by atoms with van der Waals surface area (Å²) in [5.41, 5.74) is 3.52. The molecule has 1 N–H and O–H groups in total. The molecule has 2 aromatic heterocycles. The summed E-state index contributed by atoms with van der Waals surface area (Å²) < 4.78 is 0. The molecule has 1 saturated heterocycles. The van der Waals surface area contributed by atoms with E-state index in [2.05, 4.69) is 45.2 Å². The van der Waals surface area contributed by atoms with E-state index in [-0.39, 0.29) is 11.3 Å². The fourth-order valence-electron chi connectivity index (χ4n) is 4.74. The molecule has 5 rings (SSSR count). The monoisotopic (exact) mass is 407 g/mol. The number of hydrogen-bond donors (Lipinski definition) is 1. The molecule has 2 fully saturated rings. The quantitative estimate of drug-likeness (QED) is 0.834. The van der Waals surface area contributed by atoms with Crippen molar-refractivity contribution in [1.82, 2.24) is 19.9 Å². The third-order valence-electron chi connectivity index (χ3n) is 6.64. The van der Waals surface area contributed by atoms with Gasteiger partial charge < -0.3 is 20.0 Å². The summed E-state index contributed by atoms with van der Waals surface area (Å²) >= 11 is 0. The van der Waals surface area contributed by atoms with Crippen molar-refractivity contribution in [3.63, 3.8) is 0 Å². The van der Waals surface area contributed by atoms with E-state index in [4.69, 9.17) is 9.97 Å². The average molecular weight is 408 g/mol. The predicted octanol–water partition coefficient (Wildman–Crippen LogP) is 2.46. The van der Waals surface area contributed by atoms with E-state index in [1.807, 2.05) is 19.2 Å². The van der Waals surface area contributed by atoms with Crippen LogP contribution < -0.4 is 15.1 Å². The lowest BCUT2D eigenvalue weighted by Gasteiger charge is -2.24. The van der Waals surface area contributed by atoms with Gasteiger partial charge in [0.1, 0.15) is 11.6 Å². The number of aromatic nitrogens is 3. The molecule has 4 heterocycles. The number of carbonyl (C=O) groups excluding carboxylic acids is 1. The first-order chi connectivity index (χ1) is 14.3. The highest BCUT2D eigenvalue weighted by atomic mass is 16.1. The summed E-state index contributed by atoms with van der Waals surface area (Å²) in [5.74, 6) is 2.21. The summed E-state index contributed by atoms with van der Waals surface area (Å²) in [6.07, 6.45) is 5.40. The van der Waals surface area contributed by atoms with Crippen molar-refractivity contribution in [2.75, 3.05) is 48.8 Å². The van der Waals surface area contributed by atoms with Crippen LogP contribution in [-0.4, -0.2) is 65.5 Å². The maximum absolute atomic E-state index is 11.5. The summed E-state index contributed by atoms with van der Waals surface area (Å²) in [6.45, 7) is 6.37. The van der Waals surface area contributed by atoms with Gasteiger partial charge in [-0.2, -0.15) is 4.98 Å². The number of nitrogens with zero attached hydrogens (tertiary/aromatic N) is 6. The van der Waals surface area contributed by atoms with E-state index in [1.54, 1.807) is 0 Å². The average Bonchev–Trinajstić information content (AvgIpc) is 3.16. The zero-order valence-electron chi connectivity index (χ0n) is 18.1. The Balaban J connectivity index is 1.50. The van der Waals surface area contributed by atoms with Crippen LogP contribution in [0.25, 0.3) is 0 Å². The van der Waals surface area contributed by atoms with E-state index in [9.17, 15) is 4.79 Å². The SMILES string of the molecule is CC(=O)Nc1cc2c(cn1)C1(CC1)CN2c1cc(C)nc(N2CCC(N(C)C)C2)n1. The number of hydrogen-bond acceptors (Lipinski definition) is 7. The molecular formula is C22H29N7O. The molecule has 1 spiro atoms. The smallest absolute Gasteiger partial charge is 0.227 e. The normalized spacial score (nSPS) is 21.4. The van der Waals surface area contributed by atoms with E-state index in [1.165, 1.54) is 25.3 Å². The molecule has 1 saturated carbocycles. The number of pyridine rings is 1. The van der Waals surface area contributed by atoms with Crippen LogP contribution in [0.1, 0.15) is 37.4 Å². The molecular weight excluding hydrogens is 378 g/mol. The number of nitrogens with one attached hydrogen (secondary N) is 1. The molecule has 1 aliphatic carbocycles. The molecule has 2 aliphatic heterocycles. The third-order valence-corrected chi connectivity index (χ3v) is 6.64. The lowest BCUT2D eigenvalue weighted by atomic mass is 10.0. The summed E-state index contributed by atoms with van der Waals surface area (Å²) in [4.78, 5) is 32.6. The highest BCUT2D eigenvalue weighted by Gasteiger charge is 2.52. The zero-order valence-corrected chi connectivity index (χ0v) is 18.1. The Morgan fingerprint density at radius 3 is 2.73 bits per heavy atom. The fourth-order valence-corrected chi connectivity index (χ4v) is 4.74. The van der Waals surface area contributed by atoms with Gasteiger partial charge in [-0.05, 0) is 40.3 Å². The lowest BCUT2D eigenvalue weighted by Crippen LogP contribution is -2.32. The van der Waals surface area contributed by atoms with Crippen molar-refractivity contribution in [1.29, 1.82) is 0 Å². The first-order valence-electron chi connectivity index (χ1n) is 10.7. The molecule has 1 atom stereocenters. The molecule has 0 radical (unpaired) electrons. The van der Waals surface area contributed by atoms with Gasteiger partial charge in [0.2, 0.25) is 11.9 Å². The second kappa shape index (κ2) is 6.91. The molecule has 2 aromatic rings. The Morgan fingerprint density at radius 2 is 2.07 bits per heavy atom. The molecule has 158 valence electrons. The Morgan fingerprint density at radius 1 is 1.27 bits per heavy atom. The number of amides is 1. The third kappa shape index (κ3) is 3.29. The van der Waals surface area contributed by atoms with Crippen LogP contribution in [0.5, 0.6) is 0 Å². The Labute approximate surface area is 177 Å².